The Labute approximate surface area is 181 Å². The van der Waals surface area contributed by atoms with Crippen LogP contribution in [-0.2, 0) is 14.3 Å². The third kappa shape index (κ3) is 5.08. The van der Waals surface area contributed by atoms with E-state index in [9.17, 15) is 9.59 Å². The molecule has 0 bridgehead atoms. The Hall–Kier alpha value is -3.26. The average Bonchev–Trinajstić information content (AvgIpc) is 2.80. The maximum atomic E-state index is 13.0. The molecule has 0 radical (unpaired) electrons. The molecular weight excluding hydrogens is 398 g/mol. The fraction of sp³-hybridized carbons (Fsp3) is 0.391. The van der Waals surface area contributed by atoms with E-state index in [0.29, 0.717) is 50.9 Å². The van der Waals surface area contributed by atoms with Crippen LogP contribution in [-0.4, -0.2) is 68.8 Å². The zero-order valence-corrected chi connectivity index (χ0v) is 17.6. The quantitative estimate of drug-likeness (QED) is 0.764. The van der Waals surface area contributed by atoms with Crippen LogP contribution < -0.4 is 19.7 Å². The molecular formula is C23H27N3O5. The van der Waals surface area contributed by atoms with Crippen LogP contribution in [0.1, 0.15) is 6.92 Å². The highest BCUT2D eigenvalue weighted by Crippen LogP contribution is 2.33. The summed E-state index contributed by atoms with van der Waals surface area (Å²) in [5, 5.41) is 2.91. The van der Waals surface area contributed by atoms with Gasteiger partial charge in [0.2, 0.25) is 5.91 Å². The lowest BCUT2D eigenvalue weighted by molar-refractivity contribution is -0.142. The summed E-state index contributed by atoms with van der Waals surface area (Å²) in [7, 11) is 0. The van der Waals surface area contributed by atoms with Crippen LogP contribution in [0.2, 0.25) is 0 Å². The van der Waals surface area contributed by atoms with Gasteiger partial charge in [-0.1, -0.05) is 12.1 Å². The highest BCUT2D eigenvalue weighted by molar-refractivity contribution is 5.95. The summed E-state index contributed by atoms with van der Waals surface area (Å²) in [4.78, 5) is 29.4. The number of morpholine rings is 1. The molecule has 1 atom stereocenters. The van der Waals surface area contributed by atoms with Gasteiger partial charge >= 0.3 is 0 Å². The summed E-state index contributed by atoms with van der Waals surface area (Å²) in [6, 6.07) is 14.7. The van der Waals surface area contributed by atoms with Crippen molar-refractivity contribution < 1.29 is 23.8 Å². The number of para-hydroxylation sites is 2. The molecule has 2 aliphatic rings. The SMILES string of the molecule is CCOc1ccc(NC(=O)CN2C[C@@H](C(=O)N3CCOCC3)Oc3ccccc32)cc1. The van der Waals surface area contributed by atoms with Gasteiger partial charge in [0.15, 0.2) is 6.10 Å². The number of anilines is 2. The number of hydrogen-bond acceptors (Lipinski definition) is 6. The second-order valence-corrected chi connectivity index (χ2v) is 7.40. The molecule has 0 saturated carbocycles. The average molecular weight is 425 g/mol. The van der Waals surface area contributed by atoms with E-state index in [1.54, 1.807) is 17.0 Å². The fourth-order valence-corrected chi connectivity index (χ4v) is 3.75. The number of nitrogens with one attached hydrogen (secondary N) is 1. The number of nitrogens with zero attached hydrogens (tertiary/aromatic N) is 2. The lowest BCUT2D eigenvalue weighted by Gasteiger charge is -2.38. The van der Waals surface area contributed by atoms with Gasteiger partial charge in [0, 0.05) is 18.8 Å². The number of amides is 2. The second kappa shape index (κ2) is 9.70. The van der Waals surface area contributed by atoms with Crippen molar-refractivity contribution in [1.29, 1.82) is 0 Å². The van der Waals surface area contributed by atoms with Crippen molar-refractivity contribution in [3.8, 4) is 11.5 Å². The number of carbonyl (C=O) groups is 2. The number of fused-ring (bicyclic) bond motifs is 1. The molecule has 1 saturated heterocycles. The van der Waals surface area contributed by atoms with E-state index in [-0.39, 0.29) is 18.4 Å². The second-order valence-electron chi connectivity index (χ2n) is 7.40. The maximum absolute atomic E-state index is 13.0. The molecule has 164 valence electrons. The Morgan fingerprint density at radius 3 is 2.58 bits per heavy atom. The first-order valence-electron chi connectivity index (χ1n) is 10.5. The monoisotopic (exact) mass is 425 g/mol. The van der Waals surface area contributed by atoms with Gasteiger partial charge in [-0.3, -0.25) is 9.59 Å². The van der Waals surface area contributed by atoms with Crippen LogP contribution in [0.25, 0.3) is 0 Å². The van der Waals surface area contributed by atoms with E-state index in [0.717, 1.165) is 11.4 Å². The summed E-state index contributed by atoms with van der Waals surface area (Å²) in [5.41, 5.74) is 1.49. The Bertz CT molecular complexity index is 912. The predicted octanol–water partition coefficient (Wildman–Crippen LogP) is 2.15. The lowest BCUT2D eigenvalue weighted by Crippen LogP contribution is -2.53. The molecule has 1 fully saturated rings. The van der Waals surface area contributed by atoms with Crippen LogP contribution in [0.15, 0.2) is 48.5 Å². The molecule has 31 heavy (non-hydrogen) atoms. The summed E-state index contributed by atoms with van der Waals surface area (Å²) < 4.78 is 16.8. The zero-order chi connectivity index (χ0) is 21.6. The molecule has 2 aromatic rings. The van der Waals surface area contributed by atoms with Gasteiger partial charge in [0.25, 0.3) is 5.91 Å². The third-order valence-corrected chi connectivity index (χ3v) is 5.24. The molecule has 8 nitrogen and oxygen atoms in total. The van der Waals surface area contributed by atoms with Gasteiger partial charge < -0.3 is 29.3 Å². The minimum absolute atomic E-state index is 0.0743. The van der Waals surface area contributed by atoms with Crippen molar-refractivity contribution in [3.05, 3.63) is 48.5 Å². The Morgan fingerprint density at radius 2 is 1.84 bits per heavy atom. The van der Waals surface area contributed by atoms with Gasteiger partial charge in [-0.05, 0) is 43.3 Å². The number of hydrogen-bond donors (Lipinski definition) is 1. The molecule has 0 spiro atoms. The first-order valence-corrected chi connectivity index (χ1v) is 10.5. The minimum atomic E-state index is -0.661. The van der Waals surface area contributed by atoms with Gasteiger partial charge in [0.05, 0.1) is 38.6 Å². The van der Waals surface area contributed by atoms with Gasteiger partial charge in [-0.15, -0.1) is 0 Å². The van der Waals surface area contributed by atoms with Crippen molar-refractivity contribution >= 4 is 23.2 Å². The molecule has 2 aromatic carbocycles. The number of rotatable bonds is 6. The molecule has 1 N–H and O–H groups in total. The van der Waals surface area contributed by atoms with Gasteiger partial charge in [0.1, 0.15) is 11.5 Å². The van der Waals surface area contributed by atoms with E-state index in [2.05, 4.69) is 5.32 Å². The zero-order valence-electron chi connectivity index (χ0n) is 17.6. The topological polar surface area (TPSA) is 80.3 Å². The van der Waals surface area contributed by atoms with E-state index < -0.39 is 6.10 Å². The van der Waals surface area contributed by atoms with Crippen molar-refractivity contribution in [2.24, 2.45) is 0 Å². The highest BCUT2D eigenvalue weighted by Gasteiger charge is 2.34. The van der Waals surface area contributed by atoms with Gasteiger partial charge in [-0.25, -0.2) is 0 Å². The van der Waals surface area contributed by atoms with Crippen LogP contribution in [0.4, 0.5) is 11.4 Å². The lowest BCUT2D eigenvalue weighted by atomic mass is 10.1. The fourth-order valence-electron chi connectivity index (χ4n) is 3.75. The van der Waals surface area contributed by atoms with E-state index in [1.165, 1.54) is 0 Å². The maximum Gasteiger partial charge on any atom is 0.265 e. The molecule has 4 rings (SSSR count). The molecule has 2 aliphatic heterocycles. The van der Waals surface area contributed by atoms with Crippen LogP contribution in [0, 0.1) is 0 Å². The molecule has 8 heteroatoms. The number of benzene rings is 2. The molecule has 2 heterocycles. The van der Waals surface area contributed by atoms with Crippen LogP contribution in [0.5, 0.6) is 11.5 Å². The van der Waals surface area contributed by atoms with E-state index in [1.807, 2.05) is 48.2 Å². The first-order chi connectivity index (χ1) is 15.1. The van der Waals surface area contributed by atoms with Crippen molar-refractivity contribution in [1.82, 2.24) is 4.90 Å². The molecule has 0 aliphatic carbocycles. The Kier molecular flexibility index (Phi) is 6.57. The third-order valence-electron chi connectivity index (χ3n) is 5.24. The summed E-state index contributed by atoms with van der Waals surface area (Å²) >= 11 is 0. The highest BCUT2D eigenvalue weighted by atomic mass is 16.5. The molecule has 0 aromatic heterocycles. The Morgan fingerprint density at radius 1 is 1.10 bits per heavy atom. The molecule has 0 unspecified atom stereocenters. The largest absolute Gasteiger partial charge is 0.494 e. The number of ether oxygens (including phenoxy) is 3. The summed E-state index contributed by atoms with van der Waals surface area (Å²) in [6.45, 7) is 5.10. The van der Waals surface area contributed by atoms with E-state index >= 15 is 0 Å². The predicted molar refractivity (Wildman–Crippen MR) is 117 cm³/mol. The first kappa shape index (κ1) is 21.0. The minimum Gasteiger partial charge on any atom is -0.494 e. The standard InChI is InChI=1S/C23H27N3O5/c1-2-30-18-9-7-17(8-10-18)24-22(27)16-26-15-21(23(28)25-11-13-29-14-12-25)31-20-6-4-3-5-19(20)26/h3-10,21H,2,11-16H2,1H3,(H,24,27)/t21-/m0/s1. The van der Waals surface area contributed by atoms with Gasteiger partial charge in [-0.2, -0.15) is 0 Å². The summed E-state index contributed by atoms with van der Waals surface area (Å²) in [6.07, 6.45) is -0.661. The van der Waals surface area contributed by atoms with Crippen molar-refractivity contribution in [2.75, 3.05) is 56.2 Å². The van der Waals surface area contributed by atoms with Crippen molar-refractivity contribution in [3.63, 3.8) is 0 Å². The van der Waals surface area contributed by atoms with Crippen LogP contribution in [0.3, 0.4) is 0 Å². The van der Waals surface area contributed by atoms with Crippen LogP contribution >= 0.6 is 0 Å². The Balaban J connectivity index is 1.44. The molecule has 2 amide bonds. The number of carbonyl (C=O) groups excluding carboxylic acids is 2. The summed E-state index contributed by atoms with van der Waals surface area (Å²) in [5.74, 6) is 1.12. The van der Waals surface area contributed by atoms with Crippen molar-refractivity contribution in [2.45, 2.75) is 13.0 Å². The normalized spacial score (nSPS) is 18.0. The van der Waals surface area contributed by atoms with E-state index in [4.69, 9.17) is 14.2 Å². The smallest absolute Gasteiger partial charge is 0.265 e.